The van der Waals surface area contributed by atoms with Crippen LogP contribution in [0.2, 0.25) is 0 Å². The lowest BCUT2D eigenvalue weighted by Gasteiger charge is -2.14. The Morgan fingerprint density at radius 2 is 1.73 bits per heavy atom. The molecule has 1 rings (SSSR count). The van der Waals surface area contributed by atoms with Crippen molar-refractivity contribution in [3.8, 4) is 0 Å². The molecule has 0 atom stereocenters. The van der Waals surface area contributed by atoms with Crippen LogP contribution in [0.5, 0.6) is 0 Å². The Balaban J connectivity index is 3.11. The zero-order valence-electron chi connectivity index (χ0n) is 9.14. The lowest BCUT2D eigenvalue weighted by atomic mass is 10.2. The van der Waals surface area contributed by atoms with Gasteiger partial charge in [-0.25, -0.2) is 8.42 Å². The summed E-state index contributed by atoms with van der Waals surface area (Å²) in [7, 11) is -1.85. The quantitative estimate of drug-likeness (QED) is 0.790. The van der Waals surface area contributed by atoms with Gasteiger partial charge in [0.1, 0.15) is 0 Å². The minimum atomic E-state index is -3.37. The molecule has 82 valence electrons. The number of hydrogen-bond donors (Lipinski definition) is 0. The van der Waals surface area contributed by atoms with Crippen molar-refractivity contribution in [1.82, 2.24) is 4.31 Å². The van der Waals surface area contributed by atoms with Crippen LogP contribution in [0.15, 0.2) is 41.4 Å². The lowest BCUT2D eigenvalue weighted by Crippen LogP contribution is -2.21. The van der Waals surface area contributed by atoms with Crippen LogP contribution < -0.4 is 0 Å². The molecule has 1 aromatic rings. The maximum atomic E-state index is 11.9. The van der Waals surface area contributed by atoms with E-state index in [9.17, 15) is 8.42 Å². The fraction of sp³-hybridized carbons (Fsp3) is 0.273. The first-order chi connectivity index (χ1) is 6.98. The molecule has 0 aliphatic heterocycles. The fourth-order valence-electron chi connectivity index (χ4n) is 1.17. The number of sulfonamides is 1. The minimum absolute atomic E-state index is 0.314. The van der Waals surface area contributed by atoms with Crippen molar-refractivity contribution in [2.24, 2.45) is 0 Å². The van der Waals surface area contributed by atoms with Crippen molar-refractivity contribution in [3.63, 3.8) is 0 Å². The Morgan fingerprint density at radius 1 is 1.20 bits per heavy atom. The minimum Gasteiger partial charge on any atom is -0.277 e. The molecule has 0 fully saturated rings. The smallest absolute Gasteiger partial charge is 0.263 e. The van der Waals surface area contributed by atoms with Gasteiger partial charge in [-0.3, -0.25) is 4.31 Å². The van der Waals surface area contributed by atoms with Crippen LogP contribution in [0.4, 0.5) is 0 Å². The van der Waals surface area contributed by atoms with Gasteiger partial charge < -0.3 is 0 Å². The molecule has 0 saturated carbocycles. The normalized spacial score (nSPS) is 11.9. The monoisotopic (exact) mass is 225 g/mol. The van der Waals surface area contributed by atoms with Gasteiger partial charge in [0.15, 0.2) is 0 Å². The molecule has 0 radical (unpaired) electrons. The third-order valence-corrected chi connectivity index (χ3v) is 3.80. The molecule has 0 unspecified atom stereocenters. The molecule has 0 amide bonds. The van der Waals surface area contributed by atoms with E-state index in [4.69, 9.17) is 0 Å². The van der Waals surface area contributed by atoms with Crippen LogP contribution >= 0.6 is 0 Å². The Bertz CT molecular complexity index is 446. The number of aryl methyl sites for hydroxylation is 1. The number of nitrogens with zero attached hydrogens (tertiary/aromatic N) is 1. The van der Waals surface area contributed by atoms with E-state index in [1.165, 1.54) is 17.6 Å². The van der Waals surface area contributed by atoms with Gasteiger partial charge in [0, 0.05) is 13.2 Å². The summed E-state index contributed by atoms with van der Waals surface area (Å²) < 4.78 is 25.0. The van der Waals surface area contributed by atoms with Crippen LogP contribution in [0, 0.1) is 6.92 Å². The molecule has 0 heterocycles. The van der Waals surface area contributed by atoms with E-state index in [0.29, 0.717) is 4.90 Å². The Kier molecular flexibility index (Phi) is 3.52. The van der Waals surface area contributed by atoms with Gasteiger partial charge in [-0.15, -0.1) is 0 Å². The molecule has 1 aromatic carbocycles. The summed E-state index contributed by atoms with van der Waals surface area (Å²) in [5.74, 6) is 0. The first kappa shape index (κ1) is 11.8. The molecule has 0 aliphatic rings. The van der Waals surface area contributed by atoms with Crippen molar-refractivity contribution < 1.29 is 8.42 Å². The number of hydrogen-bond acceptors (Lipinski definition) is 2. The molecule has 0 aromatic heterocycles. The Hall–Kier alpha value is -1.29. The van der Waals surface area contributed by atoms with E-state index in [0.717, 1.165) is 5.56 Å². The van der Waals surface area contributed by atoms with Crippen molar-refractivity contribution in [3.05, 3.63) is 42.1 Å². The summed E-state index contributed by atoms with van der Waals surface area (Å²) in [4.78, 5) is 0.314. The van der Waals surface area contributed by atoms with E-state index in [1.807, 2.05) is 6.92 Å². The van der Waals surface area contributed by atoms with Crippen molar-refractivity contribution in [1.29, 1.82) is 0 Å². The van der Waals surface area contributed by atoms with Gasteiger partial charge in [0.25, 0.3) is 10.0 Å². The van der Waals surface area contributed by atoms with Gasteiger partial charge in [0.2, 0.25) is 0 Å². The number of rotatable bonds is 3. The standard InChI is InChI=1S/C11H15NO2S/c1-4-9-12(3)15(13,14)11-7-5-10(2)6-8-11/h4-9H,1-3H3/b9-4+. The summed E-state index contributed by atoms with van der Waals surface area (Å²) in [5.41, 5.74) is 1.04. The average Bonchev–Trinajstić information content (AvgIpc) is 2.18. The zero-order chi connectivity index (χ0) is 11.5. The molecule has 0 bridgehead atoms. The van der Waals surface area contributed by atoms with Crippen LogP contribution in [0.3, 0.4) is 0 Å². The van der Waals surface area contributed by atoms with Crippen LogP contribution in [-0.2, 0) is 10.0 Å². The summed E-state index contributed by atoms with van der Waals surface area (Å²) in [6.45, 7) is 3.70. The zero-order valence-corrected chi connectivity index (χ0v) is 9.95. The Labute approximate surface area is 91.1 Å². The van der Waals surface area contributed by atoms with E-state index >= 15 is 0 Å². The first-order valence-corrected chi connectivity index (χ1v) is 6.10. The SMILES string of the molecule is C/C=C/N(C)S(=O)(=O)c1ccc(C)cc1. The number of benzene rings is 1. The molecule has 0 saturated heterocycles. The van der Waals surface area contributed by atoms with Gasteiger partial charge in [-0.2, -0.15) is 0 Å². The van der Waals surface area contributed by atoms with Gasteiger partial charge in [-0.1, -0.05) is 23.8 Å². The van der Waals surface area contributed by atoms with E-state index < -0.39 is 10.0 Å². The molecule has 4 heteroatoms. The molecular formula is C11H15NO2S. The largest absolute Gasteiger partial charge is 0.277 e. The maximum absolute atomic E-state index is 11.9. The van der Waals surface area contributed by atoms with Crippen LogP contribution in [-0.4, -0.2) is 19.8 Å². The highest BCUT2D eigenvalue weighted by atomic mass is 32.2. The predicted octanol–water partition coefficient (Wildman–Crippen LogP) is 2.15. The highest BCUT2D eigenvalue weighted by Gasteiger charge is 2.16. The van der Waals surface area contributed by atoms with Gasteiger partial charge in [0.05, 0.1) is 4.90 Å². The molecule has 15 heavy (non-hydrogen) atoms. The summed E-state index contributed by atoms with van der Waals surface area (Å²) in [6.07, 6.45) is 3.21. The molecule has 3 nitrogen and oxygen atoms in total. The summed E-state index contributed by atoms with van der Waals surface area (Å²) in [6, 6.07) is 6.81. The second kappa shape index (κ2) is 4.49. The van der Waals surface area contributed by atoms with Crippen LogP contribution in [0.25, 0.3) is 0 Å². The number of allylic oxidation sites excluding steroid dienone is 1. The van der Waals surface area contributed by atoms with Crippen LogP contribution in [0.1, 0.15) is 12.5 Å². The van der Waals surface area contributed by atoms with Crippen molar-refractivity contribution >= 4 is 10.0 Å². The second-order valence-electron chi connectivity index (χ2n) is 3.32. The first-order valence-electron chi connectivity index (χ1n) is 4.66. The molecule has 0 spiro atoms. The third-order valence-electron chi connectivity index (χ3n) is 2.06. The summed E-state index contributed by atoms with van der Waals surface area (Å²) >= 11 is 0. The van der Waals surface area contributed by atoms with Crippen molar-refractivity contribution in [2.45, 2.75) is 18.7 Å². The second-order valence-corrected chi connectivity index (χ2v) is 5.31. The van der Waals surface area contributed by atoms with Gasteiger partial charge >= 0.3 is 0 Å². The average molecular weight is 225 g/mol. The summed E-state index contributed by atoms with van der Waals surface area (Å²) in [5, 5.41) is 0. The van der Waals surface area contributed by atoms with E-state index in [1.54, 1.807) is 37.3 Å². The lowest BCUT2D eigenvalue weighted by molar-refractivity contribution is 0.539. The van der Waals surface area contributed by atoms with Crippen molar-refractivity contribution in [2.75, 3.05) is 7.05 Å². The molecule has 0 aliphatic carbocycles. The highest BCUT2D eigenvalue weighted by molar-refractivity contribution is 7.89. The highest BCUT2D eigenvalue weighted by Crippen LogP contribution is 2.14. The van der Waals surface area contributed by atoms with E-state index in [2.05, 4.69) is 0 Å². The van der Waals surface area contributed by atoms with E-state index in [-0.39, 0.29) is 0 Å². The maximum Gasteiger partial charge on any atom is 0.263 e. The third kappa shape index (κ3) is 2.59. The van der Waals surface area contributed by atoms with Gasteiger partial charge in [-0.05, 0) is 26.0 Å². The fourth-order valence-corrected chi connectivity index (χ4v) is 2.26. The molecular weight excluding hydrogens is 210 g/mol. The topological polar surface area (TPSA) is 37.4 Å². The molecule has 0 N–H and O–H groups in total. The predicted molar refractivity (Wildman–Crippen MR) is 60.9 cm³/mol. The Morgan fingerprint density at radius 3 is 2.20 bits per heavy atom.